The van der Waals surface area contributed by atoms with Gasteiger partial charge in [-0.3, -0.25) is 0 Å². The molecular formula is C36H76O10Si2Zr. The van der Waals surface area contributed by atoms with Gasteiger partial charge >= 0.3 is 312 Å². The van der Waals surface area contributed by atoms with E-state index in [2.05, 4.69) is 0 Å². The summed E-state index contributed by atoms with van der Waals surface area (Å²) in [6.07, 6.45) is 9.67. The fourth-order valence-corrected chi connectivity index (χ4v) is 23.7. The van der Waals surface area contributed by atoms with Gasteiger partial charge in [-0.2, -0.15) is 0 Å². The van der Waals surface area contributed by atoms with Gasteiger partial charge in [-0.1, -0.05) is 0 Å². The Labute approximate surface area is 310 Å². The Bertz CT molecular complexity index is 829. The molecule has 10 nitrogen and oxygen atoms in total. The van der Waals surface area contributed by atoms with Crippen LogP contribution in [0.1, 0.15) is 189 Å². The van der Waals surface area contributed by atoms with E-state index in [0.717, 1.165) is 64.2 Å². The van der Waals surface area contributed by atoms with E-state index in [1.165, 1.54) is 0 Å². The van der Waals surface area contributed by atoms with Gasteiger partial charge in [0.15, 0.2) is 0 Å². The van der Waals surface area contributed by atoms with Crippen LogP contribution in [0.4, 0.5) is 0 Å². The topological polar surface area (TPSA) is 92.3 Å². The van der Waals surface area contributed by atoms with Crippen molar-refractivity contribution in [3.63, 3.8) is 0 Å². The van der Waals surface area contributed by atoms with Crippen molar-refractivity contribution in [1.82, 2.24) is 0 Å². The van der Waals surface area contributed by atoms with Gasteiger partial charge in [0.25, 0.3) is 0 Å². The number of hydrogen-bond donors (Lipinski definition) is 0. The van der Waals surface area contributed by atoms with Crippen LogP contribution in [0.25, 0.3) is 0 Å². The van der Waals surface area contributed by atoms with Crippen LogP contribution in [-0.2, 0) is 59.2 Å². The van der Waals surface area contributed by atoms with Crippen molar-refractivity contribution in [3.8, 4) is 0 Å². The molecule has 0 aromatic rings. The van der Waals surface area contributed by atoms with E-state index in [-0.39, 0.29) is 12.2 Å². The average Bonchev–Trinajstić information content (AvgIpc) is 2.77. The molecule has 49 heavy (non-hydrogen) atoms. The molecule has 2 rings (SSSR count). The summed E-state index contributed by atoms with van der Waals surface area (Å²) < 4.78 is 71.0. The van der Waals surface area contributed by atoms with Crippen LogP contribution >= 0.6 is 0 Å². The molecule has 0 radical (unpaired) electrons. The molecule has 0 atom stereocenters. The second-order valence-corrected chi connectivity index (χ2v) is 30.0. The Hall–Kier alpha value is 0.917. The number of rotatable bonds is 14. The van der Waals surface area contributed by atoms with E-state index in [1.807, 2.05) is 125 Å². The molecule has 0 bridgehead atoms. The standard InChI is InChI=1S/2C12H27O4Si.2C6H11O.Zr/c2*1-10(2,3)14-17(13,15-11(4,5)6)16-12(7,8)9;2*7-6-4-2-1-3-5-6;/h2*1-9H3;2*6H,1-5H2;/q4*-1;+4. The Morgan fingerprint density at radius 2 is 0.551 bits per heavy atom. The zero-order chi connectivity index (χ0) is 37.8. The molecule has 0 aromatic heterocycles. The van der Waals surface area contributed by atoms with Crippen molar-refractivity contribution in [3.05, 3.63) is 0 Å². The van der Waals surface area contributed by atoms with Gasteiger partial charge in [0.2, 0.25) is 0 Å². The third-order valence-electron chi connectivity index (χ3n) is 6.81. The first-order valence-corrected chi connectivity index (χ1v) is 26.1. The molecule has 0 unspecified atom stereocenters. The summed E-state index contributed by atoms with van der Waals surface area (Å²) in [7, 11) is -8.42. The molecule has 0 spiro atoms. The molecule has 0 saturated heterocycles. The first kappa shape index (κ1) is 46.1. The van der Waals surface area contributed by atoms with E-state index in [1.54, 1.807) is 0 Å². The first-order valence-electron chi connectivity index (χ1n) is 18.8. The van der Waals surface area contributed by atoms with Gasteiger partial charge in [-0.15, -0.1) is 0 Å². The van der Waals surface area contributed by atoms with Crippen molar-refractivity contribution in [1.29, 1.82) is 0 Å². The average molecular weight is 816 g/mol. The van der Waals surface area contributed by atoms with E-state index in [0.29, 0.717) is 0 Å². The predicted molar refractivity (Wildman–Crippen MR) is 195 cm³/mol. The first-order chi connectivity index (χ1) is 21.8. The van der Waals surface area contributed by atoms with E-state index < -0.39 is 73.7 Å². The molecule has 0 amide bonds. The zero-order valence-corrected chi connectivity index (χ0v) is 39.3. The Morgan fingerprint density at radius 1 is 0.347 bits per heavy atom. The summed E-state index contributed by atoms with van der Waals surface area (Å²) in [6, 6.07) is 0. The fourth-order valence-electron chi connectivity index (χ4n) is 5.73. The molecular weight excluding hydrogens is 740 g/mol. The Kier molecular flexibility index (Phi) is 16.1. The molecule has 0 N–H and O–H groups in total. The van der Waals surface area contributed by atoms with Crippen LogP contribution in [0.15, 0.2) is 0 Å². The van der Waals surface area contributed by atoms with E-state index in [9.17, 15) is 0 Å². The van der Waals surface area contributed by atoms with Crippen molar-refractivity contribution >= 4 is 18.1 Å². The second-order valence-electron chi connectivity index (χ2n) is 19.7. The summed E-state index contributed by atoms with van der Waals surface area (Å²) in [6.45, 7) is 35.6. The second kappa shape index (κ2) is 17.2. The molecule has 13 heteroatoms. The summed E-state index contributed by atoms with van der Waals surface area (Å²) in [5.74, 6) is 0. The van der Waals surface area contributed by atoms with E-state index in [4.69, 9.17) is 37.2 Å². The van der Waals surface area contributed by atoms with Gasteiger partial charge in [0.05, 0.1) is 0 Å². The molecule has 0 aliphatic heterocycles. The fraction of sp³-hybridized carbons (Fsp3) is 1.00. The normalized spacial score (nSPS) is 19.5. The van der Waals surface area contributed by atoms with Gasteiger partial charge in [-0.05, 0) is 0 Å². The SMILES string of the molecule is CC(C)(C)O[Si](OC(C)(C)C)(OC(C)(C)C)[O][Zr]([O]C1CCCCC1)([O]C1CCCCC1)[O][Si](OC(C)(C)C)(OC(C)(C)C)OC(C)(C)C. The maximum atomic E-state index is 7.47. The molecule has 0 aromatic carbocycles. The minimum absolute atomic E-state index is 0.149. The monoisotopic (exact) mass is 814 g/mol. The van der Waals surface area contributed by atoms with Gasteiger partial charge < -0.3 is 0 Å². The van der Waals surface area contributed by atoms with Crippen molar-refractivity contribution in [2.45, 2.75) is 235 Å². The quantitative estimate of drug-likeness (QED) is 0.158. The van der Waals surface area contributed by atoms with Crippen molar-refractivity contribution in [2.24, 2.45) is 0 Å². The molecule has 2 fully saturated rings. The summed E-state index contributed by atoms with van der Waals surface area (Å²) in [5, 5.41) is 0. The Balaban J connectivity index is 3.03. The van der Waals surface area contributed by atoms with Crippen molar-refractivity contribution < 1.29 is 59.2 Å². The molecule has 292 valence electrons. The summed E-state index contributed by atoms with van der Waals surface area (Å²) >= 11 is -5.61. The van der Waals surface area contributed by atoms with Gasteiger partial charge in [-0.25, -0.2) is 0 Å². The Morgan fingerprint density at radius 3 is 0.735 bits per heavy atom. The summed E-state index contributed by atoms with van der Waals surface area (Å²) in [4.78, 5) is 0. The summed E-state index contributed by atoms with van der Waals surface area (Å²) in [5.41, 5.74) is -4.27. The predicted octanol–water partition coefficient (Wildman–Crippen LogP) is 10.3. The third kappa shape index (κ3) is 19.2. The zero-order valence-electron chi connectivity index (χ0n) is 34.8. The molecule has 2 saturated carbocycles. The van der Waals surface area contributed by atoms with Crippen LogP contribution in [0.5, 0.6) is 0 Å². The van der Waals surface area contributed by atoms with Crippen LogP contribution < -0.4 is 0 Å². The molecule has 2 aliphatic carbocycles. The van der Waals surface area contributed by atoms with Gasteiger partial charge in [0.1, 0.15) is 0 Å². The van der Waals surface area contributed by atoms with Crippen LogP contribution in [-0.4, -0.2) is 63.9 Å². The molecule has 0 heterocycles. The molecule has 2 aliphatic rings. The van der Waals surface area contributed by atoms with Gasteiger partial charge in [0, 0.05) is 0 Å². The van der Waals surface area contributed by atoms with Crippen molar-refractivity contribution in [2.75, 3.05) is 0 Å². The van der Waals surface area contributed by atoms with Crippen LogP contribution in [0.2, 0.25) is 0 Å². The van der Waals surface area contributed by atoms with Crippen LogP contribution in [0.3, 0.4) is 0 Å². The number of hydrogen-bond acceptors (Lipinski definition) is 10. The maximum absolute atomic E-state index is 7.47. The third-order valence-corrected chi connectivity index (χ3v) is 23.4. The van der Waals surface area contributed by atoms with E-state index >= 15 is 0 Å². The van der Waals surface area contributed by atoms with Crippen LogP contribution in [0, 0.1) is 0 Å². The minimum atomic E-state index is -5.61.